The molecule has 1 aliphatic heterocycles. The fraction of sp³-hybridized carbons (Fsp3) is 0.733. The number of hydrogen-bond donors (Lipinski definition) is 1. The van der Waals surface area contributed by atoms with Gasteiger partial charge in [0.25, 0.3) is 0 Å². The molecule has 1 N–H and O–H groups in total. The first-order valence-electron chi connectivity index (χ1n) is 7.73. The molecule has 2 rings (SSSR count). The SMILES string of the molecule is Cc1cc(C)n(CCC(=O)NCCCN2CCOCC2)n1. The summed E-state index contributed by atoms with van der Waals surface area (Å²) in [5.41, 5.74) is 2.10. The Hall–Kier alpha value is -1.40. The lowest BCUT2D eigenvalue weighted by Crippen LogP contribution is -2.38. The van der Waals surface area contributed by atoms with Crippen LogP contribution in [0.25, 0.3) is 0 Å². The largest absolute Gasteiger partial charge is 0.379 e. The van der Waals surface area contributed by atoms with Crippen molar-refractivity contribution in [3.8, 4) is 0 Å². The maximum atomic E-state index is 11.8. The minimum absolute atomic E-state index is 0.101. The first-order chi connectivity index (χ1) is 10.1. The second kappa shape index (κ2) is 8.14. The van der Waals surface area contributed by atoms with Crippen LogP contribution in [0.15, 0.2) is 6.07 Å². The Labute approximate surface area is 126 Å². The lowest BCUT2D eigenvalue weighted by molar-refractivity contribution is -0.121. The van der Waals surface area contributed by atoms with Crippen LogP contribution in [0.3, 0.4) is 0 Å². The van der Waals surface area contributed by atoms with Gasteiger partial charge in [-0.15, -0.1) is 0 Å². The Morgan fingerprint density at radius 3 is 2.76 bits per heavy atom. The van der Waals surface area contributed by atoms with Crippen molar-refractivity contribution in [3.05, 3.63) is 17.5 Å². The van der Waals surface area contributed by atoms with E-state index in [9.17, 15) is 4.79 Å². The van der Waals surface area contributed by atoms with E-state index < -0.39 is 0 Å². The van der Waals surface area contributed by atoms with Crippen LogP contribution in [0.1, 0.15) is 24.2 Å². The van der Waals surface area contributed by atoms with E-state index >= 15 is 0 Å². The van der Waals surface area contributed by atoms with Gasteiger partial charge in [0.05, 0.1) is 18.9 Å². The molecule has 1 aliphatic rings. The average Bonchev–Trinajstić information content (AvgIpc) is 2.80. The molecule has 6 heteroatoms. The van der Waals surface area contributed by atoms with Gasteiger partial charge in [0.1, 0.15) is 0 Å². The normalized spacial score (nSPS) is 16.1. The highest BCUT2D eigenvalue weighted by Gasteiger charge is 2.09. The van der Waals surface area contributed by atoms with Crippen LogP contribution < -0.4 is 5.32 Å². The number of aromatic nitrogens is 2. The predicted molar refractivity (Wildman–Crippen MR) is 81.2 cm³/mol. The Bertz CT molecular complexity index is 453. The summed E-state index contributed by atoms with van der Waals surface area (Å²) in [5.74, 6) is 0.101. The fourth-order valence-corrected chi connectivity index (χ4v) is 2.55. The number of amides is 1. The smallest absolute Gasteiger partial charge is 0.221 e. The van der Waals surface area contributed by atoms with Crippen molar-refractivity contribution < 1.29 is 9.53 Å². The Kier molecular flexibility index (Phi) is 6.20. The number of rotatable bonds is 7. The third kappa shape index (κ3) is 5.47. The predicted octanol–water partition coefficient (Wildman–Crippen LogP) is 0.729. The average molecular weight is 294 g/mol. The molecule has 6 nitrogen and oxygen atoms in total. The zero-order valence-electron chi connectivity index (χ0n) is 13.1. The number of nitrogens with zero attached hydrogens (tertiary/aromatic N) is 3. The summed E-state index contributed by atoms with van der Waals surface area (Å²) in [7, 11) is 0. The maximum absolute atomic E-state index is 11.8. The molecule has 1 aromatic heterocycles. The van der Waals surface area contributed by atoms with Gasteiger partial charge in [0.15, 0.2) is 0 Å². The van der Waals surface area contributed by atoms with E-state index in [-0.39, 0.29) is 5.91 Å². The molecule has 1 fully saturated rings. The van der Waals surface area contributed by atoms with Gasteiger partial charge in [-0.25, -0.2) is 0 Å². The number of hydrogen-bond acceptors (Lipinski definition) is 4. The maximum Gasteiger partial charge on any atom is 0.221 e. The van der Waals surface area contributed by atoms with E-state index in [0.717, 1.165) is 57.2 Å². The van der Waals surface area contributed by atoms with Crippen LogP contribution in [0, 0.1) is 13.8 Å². The molecule has 0 spiro atoms. The van der Waals surface area contributed by atoms with Crippen LogP contribution in [-0.4, -0.2) is 60.0 Å². The summed E-state index contributed by atoms with van der Waals surface area (Å²) in [4.78, 5) is 14.2. The molecule has 2 heterocycles. The second-order valence-corrected chi connectivity index (χ2v) is 5.56. The van der Waals surface area contributed by atoms with Gasteiger partial charge in [-0.2, -0.15) is 5.10 Å². The third-order valence-corrected chi connectivity index (χ3v) is 3.73. The minimum Gasteiger partial charge on any atom is -0.379 e. The number of aryl methyl sites for hydroxylation is 3. The molecule has 0 atom stereocenters. The molecule has 1 saturated heterocycles. The van der Waals surface area contributed by atoms with Gasteiger partial charge >= 0.3 is 0 Å². The van der Waals surface area contributed by atoms with E-state index in [1.165, 1.54) is 0 Å². The number of ether oxygens (including phenoxy) is 1. The molecule has 0 unspecified atom stereocenters. The molecule has 118 valence electrons. The molecule has 0 aromatic carbocycles. The zero-order valence-corrected chi connectivity index (χ0v) is 13.1. The minimum atomic E-state index is 0.101. The van der Waals surface area contributed by atoms with Crippen molar-refractivity contribution in [2.75, 3.05) is 39.4 Å². The van der Waals surface area contributed by atoms with Crippen LogP contribution >= 0.6 is 0 Å². The van der Waals surface area contributed by atoms with Crippen LogP contribution in [0.5, 0.6) is 0 Å². The quantitative estimate of drug-likeness (QED) is 0.753. The van der Waals surface area contributed by atoms with E-state index in [0.29, 0.717) is 13.0 Å². The highest BCUT2D eigenvalue weighted by molar-refractivity contribution is 5.75. The Morgan fingerprint density at radius 2 is 2.10 bits per heavy atom. The summed E-state index contributed by atoms with van der Waals surface area (Å²) in [5, 5.41) is 7.34. The number of carbonyl (C=O) groups excluding carboxylic acids is 1. The van der Waals surface area contributed by atoms with Crippen molar-refractivity contribution >= 4 is 5.91 Å². The molecular weight excluding hydrogens is 268 g/mol. The van der Waals surface area contributed by atoms with E-state index in [2.05, 4.69) is 15.3 Å². The number of carbonyl (C=O) groups is 1. The van der Waals surface area contributed by atoms with Crippen LogP contribution in [0.2, 0.25) is 0 Å². The highest BCUT2D eigenvalue weighted by atomic mass is 16.5. The van der Waals surface area contributed by atoms with E-state index in [1.807, 2.05) is 24.6 Å². The van der Waals surface area contributed by atoms with Crippen molar-refractivity contribution in [2.45, 2.75) is 33.2 Å². The zero-order chi connectivity index (χ0) is 15.1. The molecule has 1 amide bonds. The summed E-state index contributed by atoms with van der Waals surface area (Å²) in [6.45, 7) is 10.1. The van der Waals surface area contributed by atoms with E-state index in [4.69, 9.17) is 4.74 Å². The molecule has 1 aromatic rings. The first kappa shape index (κ1) is 16.0. The summed E-state index contributed by atoms with van der Waals surface area (Å²) in [6, 6.07) is 2.03. The standard InChI is InChI=1S/C15H26N4O2/c1-13-12-14(2)19(17-13)7-4-15(20)16-5-3-6-18-8-10-21-11-9-18/h12H,3-11H2,1-2H3,(H,16,20). The van der Waals surface area contributed by atoms with Gasteiger partial charge in [0.2, 0.25) is 5.91 Å². The Morgan fingerprint density at radius 1 is 1.33 bits per heavy atom. The number of nitrogens with one attached hydrogen (secondary N) is 1. The summed E-state index contributed by atoms with van der Waals surface area (Å²) < 4.78 is 7.20. The van der Waals surface area contributed by atoms with Crippen molar-refractivity contribution in [1.82, 2.24) is 20.0 Å². The topological polar surface area (TPSA) is 59.4 Å². The monoisotopic (exact) mass is 294 g/mol. The van der Waals surface area contributed by atoms with Gasteiger partial charge < -0.3 is 10.1 Å². The van der Waals surface area contributed by atoms with E-state index in [1.54, 1.807) is 0 Å². The molecule has 0 bridgehead atoms. The van der Waals surface area contributed by atoms with Gasteiger partial charge in [-0.3, -0.25) is 14.4 Å². The molecule has 21 heavy (non-hydrogen) atoms. The van der Waals surface area contributed by atoms with Gasteiger partial charge in [0, 0.05) is 38.3 Å². The molecule has 0 aliphatic carbocycles. The fourth-order valence-electron chi connectivity index (χ4n) is 2.55. The van der Waals surface area contributed by atoms with Crippen LogP contribution in [0.4, 0.5) is 0 Å². The third-order valence-electron chi connectivity index (χ3n) is 3.73. The number of morpholine rings is 1. The summed E-state index contributed by atoms with van der Waals surface area (Å²) in [6.07, 6.45) is 1.48. The molecular formula is C15H26N4O2. The van der Waals surface area contributed by atoms with Crippen molar-refractivity contribution in [2.24, 2.45) is 0 Å². The molecule has 0 saturated carbocycles. The highest BCUT2D eigenvalue weighted by Crippen LogP contribution is 2.02. The first-order valence-corrected chi connectivity index (χ1v) is 7.73. The van der Waals surface area contributed by atoms with Gasteiger partial charge in [-0.1, -0.05) is 0 Å². The lowest BCUT2D eigenvalue weighted by Gasteiger charge is -2.26. The lowest BCUT2D eigenvalue weighted by atomic mass is 10.3. The van der Waals surface area contributed by atoms with Gasteiger partial charge in [-0.05, 0) is 32.9 Å². The Balaban J connectivity index is 1.56. The van der Waals surface area contributed by atoms with Crippen molar-refractivity contribution in [3.63, 3.8) is 0 Å². The summed E-state index contributed by atoms with van der Waals surface area (Å²) >= 11 is 0. The van der Waals surface area contributed by atoms with Crippen LogP contribution in [-0.2, 0) is 16.1 Å². The second-order valence-electron chi connectivity index (χ2n) is 5.56. The van der Waals surface area contributed by atoms with Crippen molar-refractivity contribution in [1.29, 1.82) is 0 Å². The molecule has 0 radical (unpaired) electrons.